The Bertz CT molecular complexity index is 797. The SMILES string of the molecule is COCCCNC(=O)c1ccccc1NC(=O)CCc1ccc(Cl)cc1Cl. The van der Waals surface area contributed by atoms with Crippen LogP contribution in [0.4, 0.5) is 5.69 Å². The van der Waals surface area contributed by atoms with E-state index in [1.807, 2.05) is 0 Å². The lowest BCUT2D eigenvalue weighted by molar-refractivity contribution is -0.116. The van der Waals surface area contributed by atoms with Gasteiger partial charge in [0.25, 0.3) is 5.91 Å². The third kappa shape index (κ3) is 6.86. The van der Waals surface area contributed by atoms with Crippen molar-refractivity contribution in [3.05, 3.63) is 63.6 Å². The van der Waals surface area contributed by atoms with Gasteiger partial charge in [0, 0.05) is 36.7 Å². The first-order valence-corrected chi connectivity index (χ1v) is 9.37. The summed E-state index contributed by atoms with van der Waals surface area (Å²) in [4.78, 5) is 24.6. The number of benzene rings is 2. The molecule has 2 rings (SSSR count). The molecule has 2 N–H and O–H groups in total. The second kappa shape index (κ2) is 10.9. The molecular formula is C20H22Cl2N2O3. The van der Waals surface area contributed by atoms with Crippen LogP contribution in [0.15, 0.2) is 42.5 Å². The summed E-state index contributed by atoms with van der Waals surface area (Å²) in [6.07, 6.45) is 1.44. The summed E-state index contributed by atoms with van der Waals surface area (Å²) in [6, 6.07) is 12.1. The average Bonchev–Trinajstić information content (AvgIpc) is 2.65. The van der Waals surface area contributed by atoms with Gasteiger partial charge in [-0.05, 0) is 42.7 Å². The molecule has 7 heteroatoms. The second-order valence-electron chi connectivity index (χ2n) is 5.93. The van der Waals surface area contributed by atoms with Crippen molar-refractivity contribution < 1.29 is 14.3 Å². The molecule has 0 aromatic heterocycles. The summed E-state index contributed by atoms with van der Waals surface area (Å²) in [6.45, 7) is 1.08. The molecule has 0 radical (unpaired) electrons. The number of halogens is 2. The molecule has 5 nitrogen and oxygen atoms in total. The largest absolute Gasteiger partial charge is 0.385 e. The maximum Gasteiger partial charge on any atom is 0.253 e. The first-order valence-electron chi connectivity index (χ1n) is 8.61. The number of para-hydroxylation sites is 1. The van der Waals surface area contributed by atoms with Crippen LogP contribution in [0, 0.1) is 0 Å². The average molecular weight is 409 g/mol. The Kier molecular flexibility index (Phi) is 8.58. The minimum atomic E-state index is -0.234. The van der Waals surface area contributed by atoms with E-state index in [0.717, 1.165) is 12.0 Å². The number of carbonyl (C=O) groups excluding carboxylic acids is 2. The Morgan fingerprint density at radius 3 is 2.63 bits per heavy atom. The van der Waals surface area contributed by atoms with Crippen molar-refractivity contribution >= 4 is 40.7 Å². The molecule has 27 heavy (non-hydrogen) atoms. The Hall–Kier alpha value is -2.08. The van der Waals surface area contributed by atoms with E-state index < -0.39 is 0 Å². The molecule has 0 aliphatic heterocycles. The van der Waals surface area contributed by atoms with E-state index >= 15 is 0 Å². The van der Waals surface area contributed by atoms with Crippen molar-refractivity contribution in [3.8, 4) is 0 Å². The van der Waals surface area contributed by atoms with Crippen LogP contribution >= 0.6 is 23.2 Å². The highest BCUT2D eigenvalue weighted by Crippen LogP contribution is 2.22. The van der Waals surface area contributed by atoms with Crippen molar-refractivity contribution in [1.82, 2.24) is 5.32 Å². The quantitative estimate of drug-likeness (QED) is 0.606. The third-order valence-corrected chi connectivity index (χ3v) is 4.48. The van der Waals surface area contributed by atoms with Gasteiger partial charge in [0.1, 0.15) is 0 Å². The van der Waals surface area contributed by atoms with Gasteiger partial charge in [-0.1, -0.05) is 41.4 Å². The van der Waals surface area contributed by atoms with Crippen LogP contribution in [0.5, 0.6) is 0 Å². The van der Waals surface area contributed by atoms with Crippen molar-refractivity contribution in [2.24, 2.45) is 0 Å². The Morgan fingerprint density at radius 1 is 1.11 bits per heavy atom. The number of anilines is 1. The topological polar surface area (TPSA) is 67.4 Å². The molecule has 0 aliphatic rings. The maximum atomic E-state index is 12.3. The fourth-order valence-corrected chi connectivity index (χ4v) is 2.99. The van der Waals surface area contributed by atoms with E-state index in [0.29, 0.717) is 40.9 Å². The zero-order valence-electron chi connectivity index (χ0n) is 15.1. The Morgan fingerprint density at radius 2 is 1.89 bits per heavy atom. The number of aryl methyl sites for hydroxylation is 1. The maximum absolute atomic E-state index is 12.3. The highest BCUT2D eigenvalue weighted by molar-refractivity contribution is 6.35. The number of rotatable bonds is 9. The predicted molar refractivity (Wildman–Crippen MR) is 109 cm³/mol. The fraction of sp³-hybridized carbons (Fsp3) is 0.300. The monoisotopic (exact) mass is 408 g/mol. The van der Waals surface area contributed by atoms with Gasteiger partial charge in [0.15, 0.2) is 0 Å². The van der Waals surface area contributed by atoms with E-state index in [1.54, 1.807) is 49.6 Å². The number of nitrogens with one attached hydrogen (secondary N) is 2. The molecule has 0 heterocycles. The molecule has 0 atom stereocenters. The number of amides is 2. The van der Waals surface area contributed by atoms with Crippen molar-refractivity contribution in [3.63, 3.8) is 0 Å². The van der Waals surface area contributed by atoms with E-state index in [-0.39, 0.29) is 18.2 Å². The number of hydrogen-bond acceptors (Lipinski definition) is 3. The van der Waals surface area contributed by atoms with E-state index in [2.05, 4.69) is 10.6 Å². The lowest BCUT2D eigenvalue weighted by Gasteiger charge is -2.12. The first kappa shape index (κ1) is 21.2. The summed E-state index contributed by atoms with van der Waals surface area (Å²) in [5.74, 6) is -0.427. The van der Waals surface area contributed by atoms with Gasteiger partial charge in [-0.15, -0.1) is 0 Å². The highest BCUT2D eigenvalue weighted by Gasteiger charge is 2.13. The Labute approximate surface area is 169 Å². The molecular weight excluding hydrogens is 387 g/mol. The number of ether oxygens (including phenoxy) is 1. The Balaban J connectivity index is 1.94. The van der Waals surface area contributed by atoms with Crippen LogP contribution in [-0.2, 0) is 16.0 Å². The molecule has 0 fully saturated rings. The van der Waals surface area contributed by atoms with Crippen molar-refractivity contribution in [1.29, 1.82) is 0 Å². The van der Waals surface area contributed by atoms with Crippen LogP contribution in [0.25, 0.3) is 0 Å². The van der Waals surface area contributed by atoms with Crippen LogP contribution in [0.2, 0.25) is 10.0 Å². The van der Waals surface area contributed by atoms with Crippen molar-refractivity contribution in [2.75, 3.05) is 25.6 Å². The van der Waals surface area contributed by atoms with Crippen LogP contribution in [0.3, 0.4) is 0 Å². The number of methoxy groups -OCH3 is 1. The molecule has 0 saturated carbocycles. The van der Waals surface area contributed by atoms with E-state index in [9.17, 15) is 9.59 Å². The number of carbonyl (C=O) groups is 2. The predicted octanol–water partition coefficient (Wildman–Crippen LogP) is 4.33. The minimum absolute atomic E-state index is 0.194. The van der Waals surface area contributed by atoms with Crippen LogP contribution in [0.1, 0.15) is 28.8 Å². The summed E-state index contributed by atoms with van der Waals surface area (Å²) >= 11 is 12.0. The highest BCUT2D eigenvalue weighted by atomic mass is 35.5. The molecule has 0 aliphatic carbocycles. The molecule has 2 aromatic rings. The molecule has 2 amide bonds. The molecule has 144 valence electrons. The molecule has 0 bridgehead atoms. The van der Waals surface area contributed by atoms with Gasteiger partial charge in [-0.25, -0.2) is 0 Å². The molecule has 2 aromatic carbocycles. The normalized spacial score (nSPS) is 10.5. The molecule has 0 spiro atoms. The van der Waals surface area contributed by atoms with Gasteiger partial charge in [-0.2, -0.15) is 0 Å². The van der Waals surface area contributed by atoms with Gasteiger partial charge in [0.2, 0.25) is 5.91 Å². The van der Waals surface area contributed by atoms with Gasteiger partial charge < -0.3 is 15.4 Å². The van der Waals surface area contributed by atoms with Gasteiger partial charge >= 0.3 is 0 Å². The zero-order chi connectivity index (χ0) is 19.6. The molecule has 0 saturated heterocycles. The lowest BCUT2D eigenvalue weighted by atomic mass is 10.1. The fourth-order valence-electron chi connectivity index (χ4n) is 2.49. The first-order chi connectivity index (χ1) is 13.0. The van der Waals surface area contributed by atoms with E-state index in [1.165, 1.54) is 0 Å². The second-order valence-corrected chi connectivity index (χ2v) is 6.78. The summed E-state index contributed by atoms with van der Waals surface area (Å²) in [5.41, 5.74) is 1.75. The van der Waals surface area contributed by atoms with E-state index in [4.69, 9.17) is 27.9 Å². The standard InChI is InChI=1S/C20H22Cl2N2O3/c1-27-12-4-11-23-20(26)16-5-2-3-6-18(16)24-19(25)10-8-14-7-9-15(21)13-17(14)22/h2-3,5-7,9,13H,4,8,10-12H2,1H3,(H,23,26)(H,24,25). The third-order valence-electron chi connectivity index (χ3n) is 3.89. The smallest absolute Gasteiger partial charge is 0.253 e. The summed E-state index contributed by atoms with van der Waals surface area (Å²) < 4.78 is 4.96. The van der Waals surface area contributed by atoms with Gasteiger partial charge in [-0.3, -0.25) is 9.59 Å². The lowest BCUT2D eigenvalue weighted by Crippen LogP contribution is -2.26. The summed E-state index contributed by atoms with van der Waals surface area (Å²) in [5, 5.41) is 6.71. The minimum Gasteiger partial charge on any atom is -0.385 e. The zero-order valence-corrected chi connectivity index (χ0v) is 16.6. The van der Waals surface area contributed by atoms with Crippen molar-refractivity contribution in [2.45, 2.75) is 19.3 Å². The number of hydrogen-bond donors (Lipinski definition) is 2. The van der Waals surface area contributed by atoms with Crippen LogP contribution < -0.4 is 10.6 Å². The summed E-state index contributed by atoms with van der Waals surface area (Å²) in [7, 11) is 1.61. The molecule has 0 unspecified atom stereocenters. The van der Waals surface area contributed by atoms with Crippen LogP contribution in [-0.4, -0.2) is 32.1 Å². The van der Waals surface area contributed by atoms with Gasteiger partial charge in [0.05, 0.1) is 11.3 Å².